The van der Waals surface area contributed by atoms with Gasteiger partial charge < -0.3 is 10.1 Å². The van der Waals surface area contributed by atoms with Crippen molar-refractivity contribution >= 4 is 5.91 Å². The Bertz CT molecular complexity index is 908. The lowest BCUT2D eigenvalue weighted by Gasteiger charge is -2.28. The number of morpholine rings is 1. The quantitative estimate of drug-likeness (QED) is 0.652. The number of ether oxygens (including phenoxy) is 1. The molecule has 1 saturated heterocycles. The fourth-order valence-corrected chi connectivity index (χ4v) is 4.85. The third-order valence-electron chi connectivity index (χ3n) is 6.74. The van der Waals surface area contributed by atoms with E-state index in [2.05, 4.69) is 22.1 Å². The maximum Gasteiger partial charge on any atom is 0.224 e. The van der Waals surface area contributed by atoms with Crippen molar-refractivity contribution in [3.05, 3.63) is 53.6 Å². The molecule has 1 aliphatic heterocycles. The highest BCUT2D eigenvalue weighted by molar-refractivity contribution is 5.79. The number of pyridine rings is 1. The van der Waals surface area contributed by atoms with Crippen LogP contribution in [0, 0.1) is 11.9 Å². The molecular weight excluding hydrogens is 405 g/mol. The van der Waals surface area contributed by atoms with Gasteiger partial charge in [0.25, 0.3) is 0 Å². The summed E-state index contributed by atoms with van der Waals surface area (Å²) in [6.45, 7) is 5.84. The molecule has 2 fully saturated rings. The van der Waals surface area contributed by atoms with E-state index in [1.54, 1.807) is 6.07 Å². The molecule has 32 heavy (non-hydrogen) atoms. The van der Waals surface area contributed by atoms with E-state index in [1.165, 1.54) is 32.1 Å². The Labute approximate surface area is 190 Å². The highest BCUT2D eigenvalue weighted by Gasteiger charge is 2.21. The maximum atomic E-state index is 14.8. The Balaban J connectivity index is 1.38. The molecule has 2 aromatic rings. The molecule has 0 unspecified atom stereocenters. The molecule has 1 aliphatic carbocycles. The van der Waals surface area contributed by atoms with Gasteiger partial charge in [-0.25, -0.2) is 4.98 Å². The lowest BCUT2D eigenvalue weighted by Crippen LogP contribution is -2.39. The summed E-state index contributed by atoms with van der Waals surface area (Å²) >= 11 is 0. The molecule has 1 atom stereocenters. The van der Waals surface area contributed by atoms with Gasteiger partial charge in [-0.15, -0.1) is 0 Å². The molecule has 1 saturated carbocycles. The number of amides is 1. The van der Waals surface area contributed by atoms with Crippen molar-refractivity contribution in [1.29, 1.82) is 0 Å². The summed E-state index contributed by atoms with van der Waals surface area (Å²) in [6, 6.07) is 11.4. The number of nitrogens with one attached hydrogen (secondary N) is 1. The number of nitrogens with zero attached hydrogens (tertiary/aromatic N) is 2. The van der Waals surface area contributed by atoms with Gasteiger partial charge in [0.15, 0.2) is 0 Å². The molecule has 1 amide bonds. The van der Waals surface area contributed by atoms with E-state index in [9.17, 15) is 9.18 Å². The number of hydrogen-bond acceptors (Lipinski definition) is 4. The Morgan fingerprint density at radius 3 is 2.72 bits per heavy atom. The van der Waals surface area contributed by atoms with Crippen LogP contribution in [0.5, 0.6) is 0 Å². The van der Waals surface area contributed by atoms with Gasteiger partial charge in [-0.2, -0.15) is 4.39 Å². The van der Waals surface area contributed by atoms with Gasteiger partial charge in [0.05, 0.1) is 25.3 Å². The number of halogens is 1. The van der Waals surface area contributed by atoms with Crippen molar-refractivity contribution in [2.24, 2.45) is 5.92 Å². The summed E-state index contributed by atoms with van der Waals surface area (Å²) in [5, 5.41) is 3.18. The zero-order valence-corrected chi connectivity index (χ0v) is 19.0. The Morgan fingerprint density at radius 1 is 1.19 bits per heavy atom. The molecule has 2 aliphatic rings. The number of carbonyl (C=O) groups is 1. The smallest absolute Gasteiger partial charge is 0.224 e. The normalized spacial score (nSPS) is 18.9. The molecule has 0 radical (unpaired) electrons. The molecule has 1 aromatic heterocycles. The zero-order chi connectivity index (χ0) is 22.3. The summed E-state index contributed by atoms with van der Waals surface area (Å²) in [5.41, 5.74) is 2.82. The first-order valence-corrected chi connectivity index (χ1v) is 11.9. The molecule has 172 valence electrons. The SMILES string of the molecule is C[C@H](NC(=O)Cc1cccc(-c2ccc(CN3CCOCC3)nc2F)c1)C1CCCCC1. The topological polar surface area (TPSA) is 54.5 Å². The fraction of sp³-hybridized carbons (Fsp3) is 0.538. The standard InChI is InChI=1S/C26H34FN3O2/c1-19(21-7-3-2-4-8-21)28-25(31)17-20-6-5-9-22(16-20)24-11-10-23(29-26(24)27)18-30-12-14-32-15-13-30/h5-6,9-11,16,19,21H,2-4,7-8,12-15,17-18H2,1H3,(H,28,31)/t19-/m0/s1. The summed E-state index contributed by atoms with van der Waals surface area (Å²) < 4.78 is 20.2. The Hall–Kier alpha value is -2.31. The molecule has 0 spiro atoms. The Morgan fingerprint density at radius 2 is 1.97 bits per heavy atom. The van der Waals surface area contributed by atoms with E-state index >= 15 is 0 Å². The zero-order valence-electron chi connectivity index (χ0n) is 19.0. The van der Waals surface area contributed by atoms with Crippen LogP contribution in [0.1, 0.15) is 50.3 Å². The average Bonchev–Trinajstić information content (AvgIpc) is 2.80. The summed E-state index contributed by atoms with van der Waals surface area (Å²) in [5.74, 6) is 0.137. The van der Waals surface area contributed by atoms with Crippen LogP contribution in [0.2, 0.25) is 0 Å². The average molecular weight is 440 g/mol. The molecule has 2 heterocycles. The van der Waals surface area contributed by atoms with Crippen LogP contribution < -0.4 is 5.32 Å². The summed E-state index contributed by atoms with van der Waals surface area (Å²) in [4.78, 5) is 19.0. The van der Waals surface area contributed by atoms with Crippen LogP contribution in [0.25, 0.3) is 11.1 Å². The van der Waals surface area contributed by atoms with Crippen LogP contribution in [0.4, 0.5) is 4.39 Å². The molecule has 4 rings (SSSR count). The predicted molar refractivity (Wildman–Crippen MR) is 124 cm³/mol. The number of rotatable bonds is 7. The first kappa shape index (κ1) is 22.9. The number of benzene rings is 1. The van der Waals surface area contributed by atoms with E-state index in [-0.39, 0.29) is 11.9 Å². The molecular formula is C26H34FN3O2. The lowest BCUT2D eigenvalue weighted by atomic mass is 9.84. The molecule has 0 bridgehead atoms. The predicted octanol–water partition coefficient (Wildman–Crippen LogP) is 4.35. The molecule has 5 nitrogen and oxygen atoms in total. The third kappa shape index (κ3) is 6.14. The molecule has 1 aromatic carbocycles. The van der Waals surface area contributed by atoms with E-state index < -0.39 is 5.95 Å². The highest BCUT2D eigenvalue weighted by atomic mass is 19.1. The van der Waals surface area contributed by atoms with Crippen LogP contribution in [0.15, 0.2) is 36.4 Å². The van der Waals surface area contributed by atoms with Crippen molar-refractivity contribution < 1.29 is 13.9 Å². The van der Waals surface area contributed by atoms with E-state index in [1.807, 2.05) is 30.3 Å². The third-order valence-corrected chi connectivity index (χ3v) is 6.74. The van der Waals surface area contributed by atoms with Gasteiger partial charge >= 0.3 is 0 Å². The first-order chi connectivity index (χ1) is 15.6. The summed E-state index contributed by atoms with van der Waals surface area (Å²) in [6.07, 6.45) is 6.53. The highest BCUT2D eigenvalue weighted by Crippen LogP contribution is 2.27. The lowest BCUT2D eigenvalue weighted by molar-refractivity contribution is -0.121. The fourth-order valence-electron chi connectivity index (χ4n) is 4.85. The molecule has 1 N–H and O–H groups in total. The first-order valence-electron chi connectivity index (χ1n) is 11.9. The maximum absolute atomic E-state index is 14.8. The van der Waals surface area contributed by atoms with Gasteiger partial charge in [-0.05, 0) is 48.9 Å². The van der Waals surface area contributed by atoms with Gasteiger partial charge in [-0.3, -0.25) is 9.69 Å². The minimum atomic E-state index is -0.469. The number of carbonyl (C=O) groups excluding carboxylic acids is 1. The number of hydrogen-bond donors (Lipinski definition) is 1. The summed E-state index contributed by atoms with van der Waals surface area (Å²) in [7, 11) is 0. The second-order valence-corrected chi connectivity index (χ2v) is 9.16. The van der Waals surface area contributed by atoms with Crippen LogP contribution in [-0.4, -0.2) is 48.1 Å². The largest absolute Gasteiger partial charge is 0.379 e. The van der Waals surface area contributed by atoms with E-state index in [4.69, 9.17) is 4.74 Å². The van der Waals surface area contributed by atoms with Crippen LogP contribution in [0.3, 0.4) is 0 Å². The van der Waals surface area contributed by atoms with Gasteiger partial charge in [0.2, 0.25) is 11.9 Å². The minimum Gasteiger partial charge on any atom is -0.379 e. The molecule has 6 heteroatoms. The van der Waals surface area contributed by atoms with Gasteiger partial charge in [0.1, 0.15) is 0 Å². The second-order valence-electron chi connectivity index (χ2n) is 9.16. The van der Waals surface area contributed by atoms with Crippen molar-refractivity contribution in [2.45, 2.75) is 58.0 Å². The monoisotopic (exact) mass is 439 g/mol. The van der Waals surface area contributed by atoms with Crippen molar-refractivity contribution in [3.63, 3.8) is 0 Å². The van der Waals surface area contributed by atoms with E-state index in [0.29, 0.717) is 37.7 Å². The second kappa shape index (κ2) is 11.0. The van der Waals surface area contributed by atoms with Crippen LogP contribution >= 0.6 is 0 Å². The Kier molecular flexibility index (Phi) is 7.87. The van der Waals surface area contributed by atoms with E-state index in [0.717, 1.165) is 29.9 Å². The van der Waals surface area contributed by atoms with Gasteiger partial charge in [-0.1, -0.05) is 43.5 Å². The van der Waals surface area contributed by atoms with Crippen molar-refractivity contribution in [1.82, 2.24) is 15.2 Å². The van der Waals surface area contributed by atoms with Gasteiger partial charge in [0, 0.05) is 31.2 Å². The minimum absolute atomic E-state index is 0.0275. The van der Waals surface area contributed by atoms with Crippen molar-refractivity contribution in [2.75, 3.05) is 26.3 Å². The van der Waals surface area contributed by atoms with Crippen LogP contribution in [-0.2, 0) is 22.5 Å². The van der Waals surface area contributed by atoms with Crippen molar-refractivity contribution in [3.8, 4) is 11.1 Å². The number of aromatic nitrogens is 1.